The van der Waals surface area contributed by atoms with Gasteiger partial charge in [-0.3, -0.25) is 9.52 Å². The van der Waals surface area contributed by atoms with Crippen LogP contribution in [0.5, 0.6) is 11.5 Å². The van der Waals surface area contributed by atoms with E-state index in [9.17, 15) is 17.6 Å². The molecule has 10 heteroatoms. The second kappa shape index (κ2) is 9.80. The predicted octanol–water partition coefficient (Wildman–Crippen LogP) is 3.52. The average Bonchev–Trinajstić information content (AvgIpc) is 2.78. The Morgan fingerprint density at radius 2 is 1.78 bits per heavy atom. The van der Waals surface area contributed by atoms with E-state index in [4.69, 9.17) is 14.7 Å². The van der Waals surface area contributed by atoms with Crippen molar-refractivity contribution in [2.45, 2.75) is 4.90 Å². The van der Waals surface area contributed by atoms with Gasteiger partial charge in [-0.15, -0.1) is 0 Å². The summed E-state index contributed by atoms with van der Waals surface area (Å²) in [4.78, 5) is 12.1. The van der Waals surface area contributed by atoms with Gasteiger partial charge in [0.05, 0.1) is 23.3 Å². The van der Waals surface area contributed by atoms with Crippen molar-refractivity contribution in [2.24, 2.45) is 0 Å². The van der Waals surface area contributed by atoms with Gasteiger partial charge in [-0.2, -0.15) is 5.26 Å². The molecule has 0 aliphatic heterocycles. The molecule has 0 saturated heterocycles. The molecule has 0 aliphatic rings. The lowest BCUT2D eigenvalue weighted by atomic mass is 10.2. The average molecular weight is 455 g/mol. The summed E-state index contributed by atoms with van der Waals surface area (Å²) in [7, 11) is -2.66. The van der Waals surface area contributed by atoms with Crippen molar-refractivity contribution in [1.82, 2.24) is 0 Å². The van der Waals surface area contributed by atoms with E-state index in [1.165, 1.54) is 25.3 Å². The highest BCUT2D eigenvalue weighted by molar-refractivity contribution is 7.92. The second-order valence-corrected chi connectivity index (χ2v) is 8.10. The fourth-order valence-electron chi connectivity index (χ4n) is 2.71. The number of carbonyl (C=O) groups is 1. The summed E-state index contributed by atoms with van der Waals surface area (Å²) in [6.07, 6.45) is 0. The number of anilines is 2. The van der Waals surface area contributed by atoms with Crippen LogP contribution < -0.4 is 19.5 Å². The second-order valence-electron chi connectivity index (χ2n) is 6.42. The van der Waals surface area contributed by atoms with Crippen LogP contribution in [-0.2, 0) is 14.8 Å². The van der Waals surface area contributed by atoms with E-state index < -0.39 is 21.7 Å². The Morgan fingerprint density at radius 3 is 2.47 bits per heavy atom. The lowest BCUT2D eigenvalue weighted by molar-refractivity contribution is -0.118. The van der Waals surface area contributed by atoms with Crippen molar-refractivity contribution in [3.63, 3.8) is 0 Å². The van der Waals surface area contributed by atoms with Gasteiger partial charge in [-0.05, 0) is 54.6 Å². The van der Waals surface area contributed by atoms with Crippen molar-refractivity contribution >= 4 is 27.3 Å². The highest BCUT2D eigenvalue weighted by Gasteiger charge is 2.18. The van der Waals surface area contributed by atoms with Gasteiger partial charge < -0.3 is 14.8 Å². The Hall–Kier alpha value is -4.10. The summed E-state index contributed by atoms with van der Waals surface area (Å²) in [5.41, 5.74) is 0.650. The predicted molar refractivity (Wildman–Crippen MR) is 115 cm³/mol. The number of hydrogen-bond donors (Lipinski definition) is 2. The molecule has 32 heavy (non-hydrogen) atoms. The van der Waals surface area contributed by atoms with E-state index in [1.807, 2.05) is 6.07 Å². The summed E-state index contributed by atoms with van der Waals surface area (Å²) in [6.45, 7) is -0.360. The van der Waals surface area contributed by atoms with Gasteiger partial charge >= 0.3 is 0 Å². The maximum atomic E-state index is 13.1. The molecule has 3 rings (SSSR count). The molecule has 0 bridgehead atoms. The number of nitrogens with one attached hydrogen (secondary N) is 2. The Kier molecular flexibility index (Phi) is 6.92. The van der Waals surface area contributed by atoms with Crippen molar-refractivity contribution in [3.8, 4) is 17.6 Å². The third-order valence-electron chi connectivity index (χ3n) is 4.22. The van der Waals surface area contributed by atoms with E-state index in [-0.39, 0.29) is 34.4 Å². The van der Waals surface area contributed by atoms with Crippen LogP contribution in [0.15, 0.2) is 71.6 Å². The number of nitriles is 1. The lowest BCUT2D eigenvalue weighted by Crippen LogP contribution is -2.20. The van der Waals surface area contributed by atoms with E-state index >= 15 is 0 Å². The number of benzene rings is 3. The van der Waals surface area contributed by atoms with Gasteiger partial charge in [0, 0.05) is 5.69 Å². The maximum Gasteiger partial charge on any atom is 0.262 e. The van der Waals surface area contributed by atoms with Crippen LogP contribution in [0.1, 0.15) is 5.56 Å². The summed E-state index contributed by atoms with van der Waals surface area (Å²) < 4.78 is 51.3. The molecule has 0 atom stereocenters. The van der Waals surface area contributed by atoms with E-state index in [0.29, 0.717) is 5.56 Å². The smallest absolute Gasteiger partial charge is 0.262 e. The molecule has 0 aliphatic carbocycles. The van der Waals surface area contributed by atoms with Crippen LogP contribution in [0.25, 0.3) is 0 Å². The monoisotopic (exact) mass is 455 g/mol. The van der Waals surface area contributed by atoms with Crippen molar-refractivity contribution in [2.75, 3.05) is 23.8 Å². The molecule has 0 saturated carbocycles. The molecule has 0 unspecified atom stereocenters. The van der Waals surface area contributed by atoms with E-state index in [2.05, 4.69) is 10.0 Å². The number of carbonyl (C=O) groups excluding carboxylic acids is 1. The highest BCUT2D eigenvalue weighted by atomic mass is 32.2. The number of rotatable bonds is 8. The fourth-order valence-corrected chi connectivity index (χ4v) is 3.77. The van der Waals surface area contributed by atoms with Gasteiger partial charge in [-0.1, -0.05) is 12.1 Å². The molecule has 1 amide bonds. The third-order valence-corrected chi connectivity index (χ3v) is 5.60. The first kappa shape index (κ1) is 22.6. The summed E-state index contributed by atoms with van der Waals surface area (Å²) >= 11 is 0. The lowest BCUT2D eigenvalue weighted by Gasteiger charge is -2.14. The standard InChI is InChI=1S/C22H18FN3O5S/c1-30-21-11-8-17(25-22(27)14-31-20-5-3-2-4-15(20)13-24)12-19(21)26-32(28,29)18-9-6-16(23)7-10-18/h2-12,26H,14H2,1H3,(H,25,27). The zero-order chi connectivity index (χ0) is 23.1. The number of sulfonamides is 1. The molecule has 2 N–H and O–H groups in total. The molecule has 0 fully saturated rings. The van der Waals surface area contributed by atoms with Crippen LogP contribution >= 0.6 is 0 Å². The quantitative estimate of drug-likeness (QED) is 0.537. The number of para-hydroxylation sites is 1. The van der Waals surface area contributed by atoms with E-state index in [0.717, 1.165) is 24.3 Å². The largest absolute Gasteiger partial charge is 0.495 e. The molecule has 0 spiro atoms. The number of methoxy groups -OCH3 is 1. The Morgan fingerprint density at radius 1 is 1.06 bits per heavy atom. The fraction of sp³-hybridized carbons (Fsp3) is 0.0909. The zero-order valence-electron chi connectivity index (χ0n) is 16.8. The number of halogens is 1. The molecule has 0 heterocycles. The Labute approximate surface area is 184 Å². The van der Waals surface area contributed by atoms with E-state index in [1.54, 1.807) is 24.3 Å². The number of ether oxygens (including phenoxy) is 2. The third kappa shape index (κ3) is 5.53. The number of hydrogen-bond acceptors (Lipinski definition) is 6. The van der Waals surface area contributed by atoms with Gasteiger partial charge in [0.1, 0.15) is 23.4 Å². The number of amides is 1. The highest BCUT2D eigenvalue weighted by Crippen LogP contribution is 2.30. The minimum atomic E-state index is -4.03. The van der Waals surface area contributed by atoms with Crippen LogP contribution in [0.2, 0.25) is 0 Å². The SMILES string of the molecule is COc1ccc(NC(=O)COc2ccccc2C#N)cc1NS(=O)(=O)c1ccc(F)cc1. The van der Waals surface area contributed by atoms with Crippen LogP contribution in [0.4, 0.5) is 15.8 Å². The molecular formula is C22H18FN3O5S. The molecule has 164 valence electrons. The van der Waals surface area contributed by atoms with Gasteiger partial charge in [0.25, 0.3) is 15.9 Å². The minimum Gasteiger partial charge on any atom is -0.495 e. The normalized spacial score (nSPS) is 10.7. The number of nitrogens with zero attached hydrogens (tertiary/aromatic N) is 1. The zero-order valence-corrected chi connectivity index (χ0v) is 17.6. The molecule has 3 aromatic rings. The van der Waals surface area contributed by atoms with Crippen LogP contribution in [0, 0.1) is 17.1 Å². The van der Waals surface area contributed by atoms with Crippen molar-refractivity contribution in [1.29, 1.82) is 5.26 Å². The van der Waals surface area contributed by atoms with Gasteiger partial charge in [0.2, 0.25) is 0 Å². The summed E-state index contributed by atoms with van der Waals surface area (Å²) in [5, 5.41) is 11.7. The van der Waals surface area contributed by atoms with Crippen molar-refractivity contribution in [3.05, 3.63) is 78.1 Å². The molecular weight excluding hydrogens is 437 g/mol. The Balaban J connectivity index is 1.73. The minimum absolute atomic E-state index is 0.0744. The summed E-state index contributed by atoms with van der Waals surface area (Å²) in [5.74, 6) is -0.596. The molecule has 3 aromatic carbocycles. The Bertz CT molecular complexity index is 1270. The first-order valence-electron chi connectivity index (χ1n) is 9.20. The first-order valence-corrected chi connectivity index (χ1v) is 10.7. The van der Waals surface area contributed by atoms with Crippen LogP contribution in [-0.4, -0.2) is 28.0 Å². The molecule has 0 radical (unpaired) electrons. The molecule has 8 nitrogen and oxygen atoms in total. The van der Waals surface area contributed by atoms with Gasteiger partial charge in [0.15, 0.2) is 6.61 Å². The maximum absolute atomic E-state index is 13.1. The van der Waals surface area contributed by atoms with Crippen LogP contribution in [0.3, 0.4) is 0 Å². The van der Waals surface area contributed by atoms with Gasteiger partial charge in [-0.25, -0.2) is 12.8 Å². The topological polar surface area (TPSA) is 118 Å². The molecule has 0 aromatic heterocycles. The van der Waals surface area contributed by atoms with Crippen molar-refractivity contribution < 1.29 is 27.1 Å². The summed E-state index contributed by atoms with van der Waals surface area (Å²) in [6, 6.07) is 17.2. The first-order chi connectivity index (χ1) is 15.3.